The fourth-order valence-electron chi connectivity index (χ4n) is 3.21. The van der Waals surface area contributed by atoms with Crippen molar-refractivity contribution in [3.8, 4) is 0 Å². The normalized spacial score (nSPS) is 16.1. The zero-order chi connectivity index (χ0) is 17.6. The fourth-order valence-corrected chi connectivity index (χ4v) is 4.15. The van der Waals surface area contributed by atoms with Gasteiger partial charge in [-0.15, -0.1) is 11.3 Å². The van der Waals surface area contributed by atoms with E-state index in [1.54, 1.807) is 19.5 Å². The second kappa shape index (κ2) is 8.56. The van der Waals surface area contributed by atoms with E-state index < -0.39 is 0 Å². The lowest BCUT2D eigenvalue weighted by molar-refractivity contribution is 0.0574. The van der Waals surface area contributed by atoms with Crippen molar-refractivity contribution in [2.45, 2.75) is 32.0 Å². The molecule has 1 amide bonds. The van der Waals surface area contributed by atoms with Crippen LogP contribution in [0, 0.1) is 0 Å². The second-order valence-electron chi connectivity index (χ2n) is 6.52. The lowest BCUT2D eigenvalue weighted by atomic mass is 10.0. The highest BCUT2D eigenvalue weighted by Crippen LogP contribution is 2.24. The minimum absolute atomic E-state index is 0.124. The van der Waals surface area contributed by atoms with Crippen molar-refractivity contribution in [1.29, 1.82) is 0 Å². The van der Waals surface area contributed by atoms with Crippen LogP contribution in [0.15, 0.2) is 36.7 Å². The van der Waals surface area contributed by atoms with Gasteiger partial charge < -0.3 is 14.5 Å². The molecule has 0 aromatic carbocycles. The summed E-state index contributed by atoms with van der Waals surface area (Å²) in [5, 5.41) is 0. The molecule has 6 heteroatoms. The number of methoxy groups -OCH3 is 1. The van der Waals surface area contributed by atoms with Crippen LogP contribution in [-0.4, -0.2) is 54.0 Å². The van der Waals surface area contributed by atoms with Crippen molar-refractivity contribution in [2.75, 3.05) is 27.2 Å². The molecule has 3 heterocycles. The quantitative estimate of drug-likeness (QED) is 0.795. The summed E-state index contributed by atoms with van der Waals surface area (Å²) in [6, 6.07) is 8.17. The number of amides is 1. The van der Waals surface area contributed by atoms with Gasteiger partial charge in [-0.25, -0.2) is 0 Å². The number of carbonyl (C=O) groups excluding carboxylic acids is 1. The summed E-state index contributed by atoms with van der Waals surface area (Å²) in [5.74, 6) is 0.124. The number of piperidine rings is 1. The minimum atomic E-state index is 0.124. The van der Waals surface area contributed by atoms with Gasteiger partial charge in [0, 0.05) is 37.0 Å². The van der Waals surface area contributed by atoms with Crippen LogP contribution in [0.3, 0.4) is 0 Å². The van der Waals surface area contributed by atoms with E-state index >= 15 is 0 Å². The second-order valence-corrected chi connectivity index (χ2v) is 7.69. The molecule has 25 heavy (non-hydrogen) atoms. The fraction of sp³-hybridized carbons (Fsp3) is 0.474. The Bertz CT molecular complexity index is 681. The van der Waals surface area contributed by atoms with Crippen LogP contribution in [0.25, 0.3) is 0 Å². The molecule has 5 nitrogen and oxygen atoms in total. The highest BCUT2D eigenvalue weighted by atomic mass is 32.1. The van der Waals surface area contributed by atoms with Gasteiger partial charge in [-0.2, -0.15) is 0 Å². The van der Waals surface area contributed by atoms with Gasteiger partial charge in [0.2, 0.25) is 0 Å². The number of pyridine rings is 1. The molecule has 2 aromatic heterocycles. The molecular formula is C19H25N3O2S. The summed E-state index contributed by atoms with van der Waals surface area (Å²) >= 11 is 1.53. The third-order valence-electron chi connectivity index (χ3n) is 4.65. The summed E-state index contributed by atoms with van der Waals surface area (Å²) in [6.45, 7) is 3.25. The molecule has 0 bridgehead atoms. The molecule has 3 rings (SSSR count). The Kier molecular flexibility index (Phi) is 6.18. The molecule has 0 spiro atoms. The van der Waals surface area contributed by atoms with Gasteiger partial charge in [0.25, 0.3) is 5.91 Å². The first-order valence-electron chi connectivity index (χ1n) is 8.63. The molecule has 0 radical (unpaired) electrons. The van der Waals surface area contributed by atoms with Crippen molar-refractivity contribution in [1.82, 2.24) is 14.8 Å². The van der Waals surface area contributed by atoms with Gasteiger partial charge in [0.15, 0.2) is 0 Å². The lowest BCUT2D eigenvalue weighted by Crippen LogP contribution is -2.46. The van der Waals surface area contributed by atoms with E-state index in [2.05, 4.69) is 16.9 Å². The first kappa shape index (κ1) is 18.0. The Morgan fingerprint density at radius 2 is 2.00 bits per heavy atom. The van der Waals surface area contributed by atoms with Gasteiger partial charge in [0.1, 0.15) is 0 Å². The molecule has 0 unspecified atom stereocenters. The summed E-state index contributed by atoms with van der Waals surface area (Å²) in [7, 11) is 3.82. The predicted octanol–water partition coefficient (Wildman–Crippen LogP) is 3.03. The molecule has 1 aliphatic heterocycles. The monoisotopic (exact) mass is 359 g/mol. The molecule has 0 N–H and O–H groups in total. The van der Waals surface area contributed by atoms with E-state index in [9.17, 15) is 4.79 Å². The number of carbonyl (C=O) groups is 1. The van der Waals surface area contributed by atoms with Crippen molar-refractivity contribution >= 4 is 17.2 Å². The summed E-state index contributed by atoms with van der Waals surface area (Å²) < 4.78 is 5.18. The van der Waals surface area contributed by atoms with Crippen LogP contribution in [0.2, 0.25) is 0 Å². The maximum Gasteiger partial charge on any atom is 0.264 e. The molecule has 2 aromatic rings. The first-order valence-corrected chi connectivity index (χ1v) is 9.45. The molecule has 1 aliphatic rings. The summed E-state index contributed by atoms with van der Waals surface area (Å²) in [6.07, 6.45) is 5.61. The first-order chi connectivity index (χ1) is 12.2. The number of hydrogen-bond donors (Lipinski definition) is 0. The zero-order valence-electron chi connectivity index (χ0n) is 14.9. The van der Waals surface area contributed by atoms with Crippen LogP contribution in [0.5, 0.6) is 0 Å². The standard InChI is InChI=1S/C19H25N3O2S/c1-21-11-7-16(8-12-21)22(13-15-5-9-20-10-6-15)19(23)18-4-3-17(25-18)14-24-2/h3-6,9-10,16H,7-8,11-14H2,1-2H3. The Morgan fingerprint density at radius 1 is 1.28 bits per heavy atom. The van der Waals surface area contributed by atoms with E-state index in [1.807, 2.05) is 29.2 Å². The third-order valence-corrected chi connectivity index (χ3v) is 5.70. The van der Waals surface area contributed by atoms with Crippen LogP contribution in [0.4, 0.5) is 0 Å². The van der Waals surface area contributed by atoms with Crippen LogP contribution >= 0.6 is 11.3 Å². The Labute approximate surface area is 153 Å². The molecular weight excluding hydrogens is 334 g/mol. The van der Waals surface area contributed by atoms with Crippen LogP contribution < -0.4 is 0 Å². The number of nitrogens with zero attached hydrogens (tertiary/aromatic N) is 3. The topological polar surface area (TPSA) is 45.7 Å². The SMILES string of the molecule is COCc1ccc(C(=O)N(Cc2ccncc2)C2CCN(C)CC2)s1. The Balaban J connectivity index is 1.80. The van der Waals surface area contributed by atoms with Crippen LogP contribution in [0.1, 0.15) is 33.0 Å². The van der Waals surface area contributed by atoms with Gasteiger partial charge >= 0.3 is 0 Å². The molecule has 1 saturated heterocycles. The van der Waals surface area contributed by atoms with Gasteiger partial charge in [-0.05, 0) is 62.8 Å². The minimum Gasteiger partial charge on any atom is -0.379 e. The average molecular weight is 359 g/mol. The number of aromatic nitrogens is 1. The van der Waals surface area contributed by atoms with E-state index in [4.69, 9.17) is 4.74 Å². The maximum atomic E-state index is 13.2. The predicted molar refractivity (Wildman–Crippen MR) is 99.7 cm³/mol. The van der Waals surface area contributed by atoms with E-state index in [-0.39, 0.29) is 11.9 Å². The summed E-state index contributed by atoms with van der Waals surface area (Å²) in [5.41, 5.74) is 1.12. The van der Waals surface area contributed by atoms with Crippen LogP contribution in [-0.2, 0) is 17.9 Å². The van der Waals surface area contributed by atoms with E-state index in [0.29, 0.717) is 13.2 Å². The highest BCUT2D eigenvalue weighted by Gasteiger charge is 2.28. The van der Waals surface area contributed by atoms with E-state index in [0.717, 1.165) is 41.2 Å². The molecule has 0 aliphatic carbocycles. The average Bonchev–Trinajstić information content (AvgIpc) is 3.10. The Morgan fingerprint density at radius 3 is 2.68 bits per heavy atom. The number of ether oxygens (including phenoxy) is 1. The number of hydrogen-bond acceptors (Lipinski definition) is 5. The maximum absolute atomic E-state index is 13.2. The van der Waals surface area contributed by atoms with Crippen molar-refractivity contribution in [3.63, 3.8) is 0 Å². The number of thiophene rings is 1. The number of likely N-dealkylation sites (tertiary alicyclic amines) is 1. The Hall–Kier alpha value is -1.76. The smallest absolute Gasteiger partial charge is 0.264 e. The van der Waals surface area contributed by atoms with Gasteiger partial charge in [-0.1, -0.05) is 0 Å². The highest BCUT2D eigenvalue weighted by molar-refractivity contribution is 7.14. The largest absolute Gasteiger partial charge is 0.379 e. The molecule has 0 saturated carbocycles. The van der Waals surface area contributed by atoms with E-state index in [1.165, 1.54) is 11.3 Å². The van der Waals surface area contributed by atoms with Gasteiger partial charge in [0.05, 0.1) is 11.5 Å². The lowest BCUT2D eigenvalue weighted by Gasteiger charge is -2.37. The van der Waals surface area contributed by atoms with Crippen molar-refractivity contribution in [3.05, 3.63) is 52.0 Å². The van der Waals surface area contributed by atoms with Gasteiger partial charge in [-0.3, -0.25) is 9.78 Å². The van der Waals surface area contributed by atoms with Crippen molar-refractivity contribution in [2.24, 2.45) is 0 Å². The third kappa shape index (κ3) is 4.66. The molecule has 0 atom stereocenters. The van der Waals surface area contributed by atoms with Crippen molar-refractivity contribution < 1.29 is 9.53 Å². The molecule has 1 fully saturated rings. The number of rotatable bonds is 6. The molecule has 134 valence electrons. The zero-order valence-corrected chi connectivity index (χ0v) is 15.7. The summed E-state index contributed by atoms with van der Waals surface area (Å²) in [4.78, 5) is 23.5.